The molecule has 3 nitrogen and oxygen atoms in total. The molecule has 2 aromatic rings. The van der Waals surface area contributed by atoms with E-state index >= 15 is 0 Å². The lowest BCUT2D eigenvalue weighted by molar-refractivity contribution is 0.861. The standard InChI is InChI=1S/C12H9BrClN3/c1-17-10(6-7-15)11(13)16-12(17)8-2-4-9(14)5-3-8/h2-5H,6H2,1H3. The summed E-state index contributed by atoms with van der Waals surface area (Å²) in [6.45, 7) is 0. The van der Waals surface area contributed by atoms with Crippen LogP contribution in [0.3, 0.4) is 0 Å². The van der Waals surface area contributed by atoms with E-state index in [1.807, 2.05) is 35.9 Å². The molecule has 0 N–H and O–H groups in total. The van der Waals surface area contributed by atoms with Gasteiger partial charge in [-0.05, 0) is 40.2 Å². The zero-order chi connectivity index (χ0) is 12.4. The number of aromatic nitrogens is 2. The summed E-state index contributed by atoms with van der Waals surface area (Å²) < 4.78 is 2.63. The van der Waals surface area contributed by atoms with Gasteiger partial charge in [-0.25, -0.2) is 4.98 Å². The highest BCUT2D eigenvalue weighted by atomic mass is 79.9. The summed E-state index contributed by atoms with van der Waals surface area (Å²) >= 11 is 9.22. The molecule has 0 atom stereocenters. The van der Waals surface area contributed by atoms with Gasteiger partial charge in [-0.3, -0.25) is 0 Å². The Kier molecular flexibility index (Phi) is 3.51. The van der Waals surface area contributed by atoms with Crippen molar-refractivity contribution in [3.63, 3.8) is 0 Å². The van der Waals surface area contributed by atoms with Crippen LogP contribution >= 0.6 is 27.5 Å². The van der Waals surface area contributed by atoms with Crippen molar-refractivity contribution in [1.82, 2.24) is 9.55 Å². The lowest BCUT2D eigenvalue weighted by Crippen LogP contribution is -1.98. The maximum absolute atomic E-state index is 8.76. The van der Waals surface area contributed by atoms with Crippen molar-refractivity contribution in [1.29, 1.82) is 5.26 Å². The van der Waals surface area contributed by atoms with Crippen LogP contribution in [-0.4, -0.2) is 9.55 Å². The van der Waals surface area contributed by atoms with Crippen LogP contribution in [-0.2, 0) is 13.5 Å². The molecular weight excluding hydrogens is 302 g/mol. The van der Waals surface area contributed by atoms with Crippen LogP contribution in [0.25, 0.3) is 11.4 Å². The molecule has 0 aliphatic heterocycles. The van der Waals surface area contributed by atoms with Gasteiger partial charge in [-0.2, -0.15) is 5.26 Å². The van der Waals surface area contributed by atoms with E-state index in [1.54, 1.807) is 0 Å². The normalized spacial score (nSPS) is 10.2. The third kappa shape index (κ3) is 2.36. The second-order valence-corrected chi connectivity index (χ2v) is 4.76. The molecule has 1 heterocycles. The topological polar surface area (TPSA) is 41.6 Å². The number of benzene rings is 1. The van der Waals surface area contributed by atoms with Crippen molar-refractivity contribution in [2.45, 2.75) is 6.42 Å². The molecule has 0 saturated carbocycles. The molecule has 0 aliphatic rings. The van der Waals surface area contributed by atoms with Gasteiger partial charge in [0.1, 0.15) is 10.4 Å². The van der Waals surface area contributed by atoms with Gasteiger partial charge in [0.25, 0.3) is 0 Å². The molecule has 0 saturated heterocycles. The van der Waals surface area contributed by atoms with Crippen LogP contribution in [0.1, 0.15) is 5.69 Å². The van der Waals surface area contributed by atoms with Crippen LogP contribution in [0.2, 0.25) is 5.02 Å². The third-order valence-electron chi connectivity index (χ3n) is 2.51. The fourth-order valence-electron chi connectivity index (χ4n) is 1.62. The van der Waals surface area contributed by atoms with Gasteiger partial charge in [-0.1, -0.05) is 11.6 Å². The van der Waals surface area contributed by atoms with Gasteiger partial charge >= 0.3 is 0 Å². The first kappa shape index (κ1) is 12.2. The number of hydrogen-bond acceptors (Lipinski definition) is 2. The first-order valence-electron chi connectivity index (χ1n) is 4.97. The molecule has 0 spiro atoms. The van der Waals surface area contributed by atoms with Gasteiger partial charge in [0.15, 0.2) is 0 Å². The predicted octanol–water partition coefficient (Wildman–Crippen LogP) is 3.57. The first-order chi connectivity index (χ1) is 8.13. The average molecular weight is 311 g/mol. The van der Waals surface area contributed by atoms with E-state index in [2.05, 4.69) is 27.0 Å². The lowest BCUT2D eigenvalue weighted by Gasteiger charge is -2.03. The molecule has 0 bridgehead atoms. The molecule has 1 aromatic carbocycles. The molecule has 86 valence electrons. The molecule has 0 amide bonds. The number of halogens is 2. The predicted molar refractivity (Wildman–Crippen MR) is 70.7 cm³/mol. The second kappa shape index (κ2) is 4.91. The Morgan fingerprint density at radius 2 is 2.06 bits per heavy atom. The van der Waals surface area contributed by atoms with Crippen LogP contribution in [0, 0.1) is 11.3 Å². The molecule has 17 heavy (non-hydrogen) atoms. The average Bonchev–Trinajstić information content (AvgIpc) is 2.59. The van der Waals surface area contributed by atoms with Gasteiger partial charge in [0.05, 0.1) is 18.2 Å². The van der Waals surface area contributed by atoms with E-state index in [0.29, 0.717) is 16.0 Å². The number of nitrogens with zero attached hydrogens (tertiary/aromatic N) is 3. The van der Waals surface area contributed by atoms with E-state index in [-0.39, 0.29) is 0 Å². The summed E-state index contributed by atoms with van der Waals surface area (Å²) in [5.41, 5.74) is 1.85. The Labute approximate surface area is 113 Å². The van der Waals surface area contributed by atoms with Gasteiger partial charge < -0.3 is 4.57 Å². The van der Waals surface area contributed by atoms with E-state index in [9.17, 15) is 0 Å². The van der Waals surface area contributed by atoms with E-state index in [0.717, 1.165) is 17.1 Å². The van der Waals surface area contributed by atoms with Gasteiger partial charge in [0.2, 0.25) is 0 Å². The van der Waals surface area contributed by atoms with Crippen molar-refractivity contribution >= 4 is 27.5 Å². The number of hydrogen-bond donors (Lipinski definition) is 0. The molecule has 0 fully saturated rings. The zero-order valence-corrected chi connectivity index (χ0v) is 11.5. The minimum atomic E-state index is 0.331. The van der Waals surface area contributed by atoms with E-state index < -0.39 is 0 Å². The minimum Gasteiger partial charge on any atom is -0.329 e. The maximum atomic E-state index is 8.76. The molecule has 0 unspecified atom stereocenters. The quantitative estimate of drug-likeness (QED) is 0.851. The maximum Gasteiger partial charge on any atom is 0.141 e. The van der Waals surface area contributed by atoms with Crippen LogP contribution in [0.15, 0.2) is 28.9 Å². The largest absolute Gasteiger partial charge is 0.329 e. The Morgan fingerprint density at radius 3 is 2.65 bits per heavy atom. The van der Waals surface area contributed by atoms with Crippen molar-refractivity contribution in [3.05, 3.63) is 39.6 Å². The third-order valence-corrected chi connectivity index (χ3v) is 3.40. The summed E-state index contributed by atoms with van der Waals surface area (Å²) in [5, 5.41) is 9.45. The Bertz CT molecular complexity index is 581. The number of rotatable bonds is 2. The number of nitriles is 1. The summed E-state index contributed by atoms with van der Waals surface area (Å²) in [6.07, 6.45) is 0.331. The van der Waals surface area contributed by atoms with E-state index in [1.165, 1.54) is 0 Å². The Balaban J connectivity index is 2.50. The fraction of sp³-hybridized carbons (Fsp3) is 0.167. The molecule has 2 rings (SSSR count). The molecule has 1 aromatic heterocycles. The monoisotopic (exact) mass is 309 g/mol. The van der Waals surface area contributed by atoms with Crippen molar-refractivity contribution in [3.8, 4) is 17.5 Å². The second-order valence-electron chi connectivity index (χ2n) is 3.57. The SMILES string of the molecule is Cn1c(-c2ccc(Cl)cc2)nc(Br)c1CC#N. The van der Waals surface area contributed by atoms with E-state index in [4.69, 9.17) is 16.9 Å². The lowest BCUT2D eigenvalue weighted by atomic mass is 10.2. The summed E-state index contributed by atoms with van der Waals surface area (Å²) in [5.74, 6) is 0.818. The molecule has 0 radical (unpaired) electrons. The van der Waals surface area contributed by atoms with Gasteiger partial charge in [0, 0.05) is 17.6 Å². The summed E-state index contributed by atoms with van der Waals surface area (Å²) in [4.78, 5) is 4.41. The molecular formula is C12H9BrClN3. The highest BCUT2D eigenvalue weighted by Gasteiger charge is 2.13. The highest BCUT2D eigenvalue weighted by Crippen LogP contribution is 2.26. The van der Waals surface area contributed by atoms with Gasteiger partial charge in [-0.15, -0.1) is 0 Å². The molecule has 5 heteroatoms. The van der Waals surface area contributed by atoms with Crippen LogP contribution in [0.4, 0.5) is 0 Å². The fourth-order valence-corrected chi connectivity index (χ4v) is 2.32. The highest BCUT2D eigenvalue weighted by molar-refractivity contribution is 9.10. The minimum absolute atomic E-state index is 0.331. The first-order valence-corrected chi connectivity index (χ1v) is 6.14. The Hall–Kier alpha value is -1.31. The molecule has 0 aliphatic carbocycles. The number of imidazole rings is 1. The van der Waals surface area contributed by atoms with Crippen molar-refractivity contribution in [2.75, 3.05) is 0 Å². The zero-order valence-electron chi connectivity index (χ0n) is 9.11. The summed E-state index contributed by atoms with van der Waals surface area (Å²) in [7, 11) is 1.90. The van der Waals surface area contributed by atoms with Crippen LogP contribution in [0.5, 0.6) is 0 Å². The van der Waals surface area contributed by atoms with Crippen LogP contribution < -0.4 is 0 Å². The van der Waals surface area contributed by atoms with Crippen molar-refractivity contribution in [2.24, 2.45) is 7.05 Å². The van der Waals surface area contributed by atoms with Crippen molar-refractivity contribution < 1.29 is 0 Å². The summed E-state index contributed by atoms with van der Waals surface area (Å²) in [6, 6.07) is 9.59. The Morgan fingerprint density at radius 1 is 1.41 bits per heavy atom. The smallest absolute Gasteiger partial charge is 0.141 e.